The van der Waals surface area contributed by atoms with Crippen molar-refractivity contribution in [2.75, 3.05) is 10.0 Å². The summed E-state index contributed by atoms with van der Waals surface area (Å²) in [4.78, 5) is 18.1. The van der Waals surface area contributed by atoms with Crippen molar-refractivity contribution in [3.8, 4) is 10.6 Å². The lowest BCUT2D eigenvalue weighted by molar-refractivity contribution is 0.102. The fourth-order valence-corrected chi connectivity index (χ4v) is 5.73. The van der Waals surface area contributed by atoms with Gasteiger partial charge in [0.05, 0.1) is 32.1 Å². The number of nitrogens with one attached hydrogen (secondary N) is 2. The van der Waals surface area contributed by atoms with E-state index in [2.05, 4.69) is 10.0 Å². The molecule has 0 saturated carbocycles. The number of rotatable bonds is 6. The molecular formula is C27H21N3O3S2. The molecule has 0 aliphatic rings. The largest absolute Gasteiger partial charge is 0.321 e. The number of carbonyl (C=O) groups excluding carboxylic acids is 1. The molecule has 4 aromatic carbocycles. The van der Waals surface area contributed by atoms with Gasteiger partial charge in [0.15, 0.2) is 0 Å². The Labute approximate surface area is 207 Å². The van der Waals surface area contributed by atoms with Crippen LogP contribution in [0.2, 0.25) is 0 Å². The van der Waals surface area contributed by atoms with E-state index in [1.165, 1.54) is 12.1 Å². The smallest absolute Gasteiger partial charge is 0.261 e. The maximum Gasteiger partial charge on any atom is 0.261 e. The lowest BCUT2D eigenvalue weighted by Crippen LogP contribution is -2.19. The van der Waals surface area contributed by atoms with E-state index < -0.39 is 15.9 Å². The van der Waals surface area contributed by atoms with Crippen molar-refractivity contribution in [1.82, 2.24) is 4.98 Å². The molecule has 0 unspecified atom stereocenters. The molecule has 0 radical (unpaired) electrons. The third-order valence-electron chi connectivity index (χ3n) is 5.45. The average Bonchev–Trinajstić information content (AvgIpc) is 3.29. The number of aromatic nitrogens is 1. The first-order valence-corrected chi connectivity index (χ1v) is 13.2. The first-order chi connectivity index (χ1) is 16.9. The summed E-state index contributed by atoms with van der Waals surface area (Å²) in [6, 6.07) is 28.3. The molecule has 5 aromatic rings. The minimum absolute atomic E-state index is 0.125. The van der Waals surface area contributed by atoms with E-state index in [9.17, 15) is 13.2 Å². The van der Waals surface area contributed by atoms with Gasteiger partial charge in [-0.2, -0.15) is 0 Å². The molecular weight excluding hydrogens is 478 g/mol. The number of sulfonamides is 1. The van der Waals surface area contributed by atoms with Gasteiger partial charge in [-0.15, -0.1) is 11.3 Å². The average molecular weight is 500 g/mol. The van der Waals surface area contributed by atoms with Crippen LogP contribution in [0.15, 0.2) is 102 Å². The Bertz CT molecular complexity index is 1610. The van der Waals surface area contributed by atoms with Crippen molar-refractivity contribution >= 4 is 48.9 Å². The summed E-state index contributed by atoms with van der Waals surface area (Å²) in [7, 11) is -3.86. The summed E-state index contributed by atoms with van der Waals surface area (Å²) < 4.78 is 29.5. The van der Waals surface area contributed by atoms with Gasteiger partial charge in [-0.25, -0.2) is 13.4 Å². The van der Waals surface area contributed by atoms with Crippen LogP contribution in [0.1, 0.15) is 15.9 Å². The molecule has 1 aromatic heterocycles. The molecule has 6 nitrogen and oxygen atoms in total. The summed E-state index contributed by atoms with van der Waals surface area (Å²) in [5, 5.41) is 3.72. The lowest BCUT2D eigenvalue weighted by atomic mass is 10.1. The van der Waals surface area contributed by atoms with Crippen LogP contribution in [0.25, 0.3) is 20.8 Å². The number of thiazole rings is 1. The Morgan fingerprint density at radius 3 is 2.23 bits per heavy atom. The third kappa shape index (κ3) is 4.80. The predicted molar refractivity (Wildman–Crippen MR) is 141 cm³/mol. The lowest BCUT2D eigenvalue weighted by Gasteiger charge is -2.14. The molecule has 0 bridgehead atoms. The van der Waals surface area contributed by atoms with Crippen molar-refractivity contribution in [3.63, 3.8) is 0 Å². The van der Waals surface area contributed by atoms with Crippen LogP contribution in [0.3, 0.4) is 0 Å². The van der Waals surface area contributed by atoms with Crippen LogP contribution >= 0.6 is 11.3 Å². The second kappa shape index (κ2) is 9.32. The summed E-state index contributed by atoms with van der Waals surface area (Å²) in [6.07, 6.45) is 0. The van der Waals surface area contributed by atoms with E-state index in [4.69, 9.17) is 4.98 Å². The van der Waals surface area contributed by atoms with Crippen molar-refractivity contribution in [2.45, 2.75) is 11.8 Å². The Kier molecular flexibility index (Phi) is 6.07. The van der Waals surface area contributed by atoms with E-state index in [0.717, 1.165) is 26.4 Å². The zero-order valence-electron chi connectivity index (χ0n) is 18.7. The molecule has 1 amide bonds. The van der Waals surface area contributed by atoms with Gasteiger partial charge in [0.1, 0.15) is 5.01 Å². The van der Waals surface area contributed by atoms with E-state index in [0.29, 0.717) is 5.69 Å². The highest BCUT2D eigenvalue weighted by Gasteiger charge is 2.20. The molecule has 0 aliphatic heterocycles. The van der Waals surface area contributed by atoms with Gasteiger partial charge in [-0.3, -0.25) is 9.52 Å². The van der Waals surface area contributed by atoms with Crippen LogP contribution in [0, 0.1) is 6.92 Å². The van der Waals surface area contributed by atoms with E-state index in [-0.39, 0.29) is 16.1 Å². The normalized spacial score (nSPS) is 11.3. The standard InChI is InChI=1S/C27H21N3O3S2/c1-18-14-16-19(17-15-18)35(32,33)30-23-11-5-2-8-20(23)26(31)28-22-10-4-3-9-21(22)27-29-24-12-6-7-13-25(24)34-27/h2-17,30H,1H3,(H,28,31). The first kappa shape index (κ1) is 22.8. The van der Waals surface area contributed by atoms with Crippen molar-refractivity contribution in [3.05, 3.63) is 108 Å². The number of aryl methyl sites for hydroxylation is 1. The van der Waals surface area contributed by atoms with Gasteiger partial charge < -0.3 is 5.32 Å². The third-order valence-corrected chi connectivity index (χ3v) is 7.90. The Balaban J connectivity index is 1.45. The summed E-state index contributed by atoms with van der Waals surface area (Å²) in [5.74, 6) is -0.430. The van der Waals surface area contributed by atoms with E-state index >= 15 is 0 Å². The highest BCUT2D eigenvalue weighted by molar-refractivity contribution is 7.92. The molecule has 0 saturated heterocycles. The number of amides is 1. The van der Waals surface area contributed by atoms with Gasteiger partial charge in [-0.1, -0.05) is 54.1 Å². The number of para-hydroxylation sites is 3. The second-order valence-corrected chi connectivity index (χ2v) is 10.7. The molecule has 2 N–H and O–H groups in total. The van der Waals surface area contributed by atoms with E-state index in [1.54, 1.807) is 53.8 Å². The molecule has 35 heavy (non-hydrogen) atoms. The molecule has 0 aliphatic carbocycles. The monoisotopic (exact) mass is 499 g/mol. The number of hydrogen-bond acceptors (Lipinski definition) is 5. The molecule has 174 valence electrons. The number of nitrogens with zero attached hydrogens (tertiary/aromatic N) is 1. The fraction of sp³-hybridized carbons (Fsp3) is 0.0370. The number of carbonyl (C=O) groups is 1. The molecule has 0 atom stereocenters. The van der Waals surface area contributed by atoms with Gasteiger partial charge >= 0.3 is 0 Å². The van der Waals surface area contributed by atoms with Gasteiger partial charge in [-0.05, 0) is 55.5 Å². The quantitative estimate of drug-likeness (QED) is 0.286. The highest BCUT2D eigenvalue weighted by atomic mass is 32.2. The van der Waals surface area contributed by atoms with Gasteiger partial charge in [0.2, 0.25) is 0 Å². The SMILES string of the molecule is Cc1ccc(S(=O)(=O)Nc2ccccc2C(=O)Nc2ccccc2-c2nc3ccccc3s2)cc1. The van der Waals surface area contributed by atoms with Crippen LogP contribution in [-0.4, -0.2) is 19.3 Å². The maximum absolute atomic E-state index is 13.3. The van der Waals surface area contributed by atoms with Gasteiger partial charge in [0.25, 0.3) is 15.9 Å². The highest BCUT2D eigenvalue weighted by Crippen LogP contribution is 2.35. The Morgan fingerprint density at radius 2 is 1.46 bits per heavy atom. The van der Waals surface area contributed by atoms with Crippen LogP contribution < -0.4 is 10.0 Å². The molecule has 5 rings (SSSR count). The summed E-state index contributed by atoms with van der Waals surface area (Å²) in [6.45, 7) is 1.88. The number of benzene rings is 4. The predicted octanol–water partition coefficient (Wildman–Crippen LogP) is 6.32. The fourth-order valence-electron chi connectivity index (χ4n) is 3.65. The summed E-state index contributed by atoms with van der Waals surface area (Å²) >= 11 is 1.54. The zero-order chi connectivity index (χ0) is 24.4. The Morgan fingerprint density at radius 1 is 0.800 bits per heavy atom. The van der Waals surface area contributed by atoms with Crippen LogP contribution in [-0.2, 0) is 10.0 Å². The molecule has 0 fully saturated rings. The van der Waals surface area contributed by atoms with Crippen molar-refractivity contribution < 1.29 is 13.2 Å². The molecule has 1 heterocycles. The maximum atomic E-state index is 13.3. The Hall–Kier alpha value is -4.01. The van der Waals surface area contributed by atoms with Crippen molar-refractivity contribution in [1.29, 1.82) is 0 Å². The van der Waals surface area contributed by atoms with Gasteiger partial charge in [0, 0.05) is 5.56 Å². The summed E-state index contributed by atoms with van der Waals surface area (Å²) in [5.41, 5.74) is 3.64. The number of fused-ring (bicyclic) bond motifs is 1. The number of hydrogen-bond donors (Lipinski definition) is 2. The minimum atomic E-state index is -3.86. The van der Waals surface area contributed by atoms with Crippen LogP contribution in [0.5, 0.6) is 0 Å². The molecule has 8 heteroatoms. The molecule has 0 spiro atoms. The topological polar surface area (TPSA) is 88.2 Å². The van der Waals surface area contributed by atoms with Crippen molar-refractivity contribution in [2.24, 2.45) is 0 Å². The van der Waals surface area contributed by atoms with Crippen LogP contribution in [0.4, 0.5) is 11.4 Å². The number of anilines is 2. The zero-order valence-corrected chi connectivity index (χ0v) is 20.4. The second-order valence-electron chi connectivity index (χ2n) is 7.95. The van der Waals surface area contributed by atoms with E-state index in [1.807, 2.05) is 49.4 Å². The minimum Gasteiger partial charge on any atom is -0.321 e. The first-order valence-electron chi connectivity index (χ1n) is 10.9.